The number of carboxylic acids is 1. The van der Waals surface area contributed by atoms with Crippen LogP contribution in [0.3, 0.4) is 0 Å². The standard InChI is InChI=1S/C22H22O6/c1-14-8-6-7-9-15-16(23)12-13-18-20(15)21(22(26)27-14)17(28-18)10-4-2-3-5-11-19(24)25/h2-5,9-14,18,20H,6-8H2,1H3,(H,24,25). The van der Waals surface area contributed by atoms with Gasteiger partial charge in [-0.15, -0.1) is 0 Å². The number of carboxylic acid groups (broad SMARTS) is 1. The van der Waals surface area contributed by atoms with Gasteiger partial charge in [-0.2, -0.15) is 0 Å². The van der Waals surface area contributed by atoms with Crippen LogP contribution < -0.4 is 0 Å². The number of hydrogen-bond acceptors (Lipinski definition) is 5. The third-order valence-electron chi connectivity index (χ3n) is 4.75. The van der Waals surface area contributed by atoms with Crippen molar-refractivity contribution in [1.29, 1.82) is 0 Å². The Labute approximate surface area is 163 Å². The molecule has 2 heterocycles. The van der Waals surface area contributed by atoms with Crippen LogP contribution in [0.15, 0.2) is 71.6 Å². The summed E-state index contributed by atoms with van der Waals surface area (Å²) in [6.45, 7) is 1.86. The summed E-state index contributed by atoms with van der Waals surface area (Å²) in [5.41, 5.74) is 0.936. The molecule has 0 aromatic heterocycles. The Kier molecular flexibility index (Phi) is 6.09. The van der Waals surface area contributed by atoms with Crippen molar-refractivity contribution in [2.45, 2.75) is 38.4 Å². The Morgan fingerprint density at radius 2 is 1.96 bits per heavy atom. The molecule has 0 spiro atoms. The Balaban J connectivity index is 1.94. The van der Waals surface area contributed by atoms with Gasteiger partial charge in [-0.25, -0.2) is 9.59 Å². The summed E-state index contributed by atoms with van der Waals surface area (Å²) in [6.07, 6.45) is 15.6. The molecule has 0 saturated heterocycles. The monoisotopic (exact) mass is 382 g/mol. The van der Waals surface area contributed by atoms with E-state index in [0.717, 1.165) is 25.3 Å². The first-order chi connectivity index (χ1) is 13.5. The molecule has 6 nitrogen and oxygen atoms in total. The van der Waals surface area contributed by atoms with E-state index in [9.17, 15) is 14.4 Å². The maximum Gasteiger partial charge on any atom is 0.338 e. The fourth-order valence-electron chi connectivity index (χ4n) is 3.47. The lowest BCUT2D eigenvalue weighted by Crippen LogP contribution is -2.31. The maximum absolute atomic E-state index is 12.8. The van der Waals surface area contributed by atoms with E-state index < -0.39 is 24.0 Å². The SMILES string of the molecule is CC1CCCC=C2C(=O)C=CC3OC(C=CC=CC=CC(=O)O)=C(C(=O)O1)C23. The van der Waals surface area contributed by atoms with Gasteiger partial charge in [0, 0.05) is 11.6 Å². The highest BCUT2D eigenvalue weighted by atomic mass is 16.5. The highest BCUT2D eigenvalue weighted by Gasteiger charge is 2.45. The van der Waals surface area contributed by atoms with Gasteiger partial charge >= 0.3 is 11.9 Å². The van der Waals surface area contributed by atoms with Crippen molar-refractivity contribution in [3.05, 3.63) is 71.6 Å². The highest BCUT2D eigenvalue weighted by Crippen LogP contribution is 2.41. The maximum atomic E-state index is 12.8. The summed E-state index contributed by atoms with van der Waals surface area (Å²) in [5, 5.41) is 8.57. The van der Waals surface area contributed by atoms with Gasteiger partial charge in [0.05, 0.1) is 17.6 Å². The van der Waals surface area contributed by atoms with Gasteiger partial charge in [0.25, 0.3) is 0 Å². The van der Waals surface area contributed by atoms with Crippen LogP contribution in [0.5, 0.6) is 0 Å². The van der Waals surface area contributed by atoms with Gasteiger partial charge in [-0.05, 0) is 44.4 Å². The van der Waals surface area contributed by atoms with Crippen molar-refractivity contribution >= 4 is 17.7 Å². The Bertz CT molecular complexity index is 852. The molecule has 1 N–H and O–H groups in total. The zero-order valence-electron chi connectivity index (χ0n) is 15.5. The van der Waals surface area contributed by atoms with Crippen LogP contribution in [0.4, 0.5) is 0 Å². The molecule has 3 aliphatic rings. The topological polar surface area (TPSA) is 89.9 Å². The van der Waals surface area contributed by atoms with Crippen LogP contribution in [0, 0.1) is 5.92 Å². The normalized spacial score (nSPS) is 27.9. The zero-order valence-corrected chi connectivity index (χ0v) is 15.5. The lowest BCUT2D eigenvalue weighted by Gasteiger charge is -2.25. The number of allylic oxidation sites excluding steroid dienone is 7. The zero-order chi connectivity index (χ0) is 20.1. The molecule has 0 radical (unpaired) electrons. The number of hydrogen-bond donors (Lipinski definition) is 1. The fraction of sp³-hybridized carbons (Fsp3) is 0.318. The molecule has 3 rings (SSSR count). The first kappa shape index (κ1) is 19.6. The fourth-order valence-corrected chi connectivity index (χ4v) is 3.47. The van der Waals surface area contributed by atoms with E-state index in [1.807, 2.05) is 13.0 Å². The predicted octanol–water partition coefficient (Wildman–Crippen LogP) is 3.19. The molecule has 0 aromatic carbocycles. The van der Waals surface area contributed by atoms with Crippen molar-refractivity contribution in [1.82, 2.24) is 0 Å². The van der Waals surface area contributed by atoms with Gasteiger partial charge in [-0.3, -0.25) is 4.79 Å². The molecule has 0 bridgehead atoms. The number of aliphatic carboxylic acids is 1. The van der Waals surface area contributed by atoms with Gasteiger partial charge in [0.2, 0.25) is 0 Å². The smallest absolute Gasteiger partial charge is 0.338 e. The summed E-state index contributed by atoms with van der Waals surface area (Å²) < 4.78 is 11.5. The van der Waals surface area contributed by atoms with Crippen LogP contribution in [-0.4, -0.2) is 35.0 Å². The molecule has 0 aromatic rings. The predicted molar refractivity (Wildman–Crippen MR) is 102 cm³/mol. The van der Waals surface area contributed by atoms with E-state index in [2.05, 4.69) is 0 Å². The minimum absolute atomic E-state index is 0.104. The van der Waals surface area contributed by atoms with Crippen molar-refractivity contribution in [2.75, 3.05) is 0 Å². The first-order valence-electron chi connectivity index (χ1n) is 9.26. The second-order valence-electron chi connectivity index (χ2n) is 6.81. The van der Waals surface area contributed by atoms with E-state index in [1.54, 1.807) is 30.4 Å². The number of cyclic esters (lactones) is 1. The summed E-state index contributed by atoms with van der Waals surface area (Å²) in [5.74, 6) is -1.70. The molecule has 6 heteroatoms. The lowest BCUT2D eigenvalue weighted by atomic mass is 9.80. The summed E-state index contributed by atoms with van der Waals surface area (Å²) in [4.78, 5) is 35.7. The highest BCUT2D eigenvalue weighted by molar-refractivity contribution is 6.08. The first-order valence-corrected chi connectivity index (χ1v) is 9.26. The molecule has 3 unspecified atom stereocenters. The molecule has 0 amide bonds. The van der Waals surface area contributed by atoms with E-state index in [4.69, 9.17) is 14.6 Å². The summed E-state index contributed by atoms with van der Waals surface area (Å²) in [6, 6.07) is 0. The number of rotatable bonds is 4. The molecule has 0 saturated carbocycles. The number of carbonyl (C=O) groups is 3. The van der Waals surface area contributed by atoms with Crippen LogP contribution in [-0.2, 0) is 23.9 Å². The molecule has 3 atom stereocenters. The molecule has 2 aliphatic heterocycles. The number of esters is 1. The van der Waals surface area contributed by atoms with Crippen LogP contribution >= 0.6 is 0 Å². The third-order valence-corrected chi connectivity index (χ3v) is 4.75. The number of ketones is 1. The van der Waals surface area contributed by atoms with Crippen molar-refractivity contribution in [3.8, 4) is 0 Å². The minimum atomic E-state index is -1.03. The van der Waals surface area contributed by atoms with Crippen molar-refractivity contribution < 1.29 is 29.0 Å². The summed E-state index contributed by atoms with van der Waals surface area (Å²) >= 11 is 0. The van der Waals surface area contributed by atoms with Gasteiger partial charge in [0.1, 0.15) is 11.9 Å². The molecule has 0 fully saturated rings. The largest absolute Gasteiger partial charge is 0.485 e. The van der Waals surface area contributed by atoms with E-state index in [1.165, 1.54) is 12.2 Å². The van der Waals surface area contributed by atoms with Crippen LogP contribution in [0.2, 0.25) is 0 Å². The molecule has 1 aliphatic carbocycles. The van der Waals surface area contributed by atoms with Gasteiger partial charge in [0.15, 0.2) is 5.78 Å². The minimum Gasteiger partial charge on any atom is -0.485 e. The average molecular weight is 382 g/mol. The molecular weight excluding hydrogens is 360 g/mol. The van der Waals surface area contributed by atoms with E-state index >= 15 is 0 Å². The Morgan fingerprint density at radius 1 is 1.18 bits per heavy atom. The van der Waals surface area contributed by atoms with Crippen molar-refractivity contribution in [2.24, 2.45) is 5.92 Å². The van der Waals surface area contributed by atoms with Crippen LogP contribution in [0.1, 0.15) is 26.2 Å². The quantitative estimate of drug-likeness (QED) is 0.456. The lowest BCUT2D eigenvalue weighted by molar-refractivity contribution is -0.144. The van der Waals surface area contributed by atoms with Crippen molar-refractivity contribution in [3.63, 3.8) is 0 Å². The Hall–Kier alpha value is -3.15. The van der Waals surface area contributed by atoms with Crippen LogP contribution in [0.25, 0.3) is 0 Å². The number of carbonyl (C=O) groups excluding carboxylic acids is 2. The Morgan fingerprint density at radius 3 is 2.75 bits per heavy atom. The van der Waals surface area contributed by atoms with Gasteiger partial charge in [-0.1, -0.05) is 30.4 Å². The second-order valence-corrected chi connectivity index (χ2v) is 6.81. The summed E-state index contributed by atoms with van der Waals surface area (Å²) in [7, 11) is 0. The third kappa shape index (κ3) is 4.39. The molecule has 28 heavy (non-hydrogen) atoms. The van der Waals surface area contributed by atoms with Gasteiger partial charge < -0.3 is 14.6 Å². The van der Waals surface area contributed by atoms with E-state index in [0.29, 0.717) is 16.9 Å². The molecular formula is C22H22O6. The van der Waals surface area contributed by atoms with E-state index in [-0.39, 0.29) is 11.9 Å². The number of ether oxygens (including phenoxy) is 2. The second kappa shape index (κ2) is 8.69. The molecule has 146 valence electrons. The average Bonchev–Trinajstić information content (AvgIpc) is 3.01.